The van der Waals surface area contributed by atoms with Crippen LogP contribution in [0, 0.1) is 5.92 Å². The second-order valence-electron chi connectivity index (χ2n) is 2.34. The predicted molar refractivity (Wildman–Crippen MR) is 36.2 cm³/mol. The lowest BCUT2D eigenvalue weighted by Crippen LogP contribution is -2.24. The highest BCUT2D eigenvalue weighted by Gasteiger charge is 2.09. The van der Waals surface area contributed by atoms with Gasteiger partial charge in [-0.05, 0) is 10.4 Å². The Kier molecular flexibility index (Phi) is 2.15. The van der Waals surface area contributed by atoms with Gasteiger partial charge in [-0.3, -0.25) is 4.79 Å². The highest BCUT2D eigenvalue weighted by molar-refractivity contribution is 5.76. The van der Waals surface area contributed by atoms with Crippen LogP contribution >= 0.6 is 0 Å². The number of rotatable bonds is 3. The van der Waals surface area contributed by atoms with Crippen molar-refractivity contribution in [1.82, 2.24) is 20.2 Å². The Morgan fingerprint density at radius 1 is 1.82 bits per heavy atom. The Bertz CT molecular complexity index is 231. The number of aromatic nitrogens is 4. The fourth-order valence-corrected chi connectivity index (χ4v) is 0.634. The SMILES string of the molecule is CC(Cn1cnnn1)C(N)=O. The molecule has 0 fully saturated rings. The molecule has 0 saturated heterocycles. The number of hydrogen-bond acceptors (Lipinski definition) is 4. The van der Waals surface area contributed by atoms with Crippen LogP contribution in [0.15, 0.2) is 6.33 Å². The Balaban J connectivity index is 2.50. The van der Waals surface area contributed by atoms with E-state index in [0.29, 0.717) is 6.54 Å². The lowest BCUT2D eigenvalue weighted by Gasteiger charge is -2.03. The predicted octanol–water partition coefficient (Wildman–Crippen LogP) is -1.21. The van der Waals surface area contributed by atoms with Gasteiger partial charge < -0.3 is 5.73 Å². The van der Waals surface area contributed by atoms with Crippen molar-refractivity contribution in [2.75, 3.05) is 0 Å². The minimum atomic E-state index is -0.347. The zero-order chi connectivity index (χ0) is 8.27. The van der Waals surface area contributed by atoms with E-state index in [2.05, 4.69) is 15.5 Å². The molecular formula is C5H9N5O. The van der Waals surface area contributed by atoms with Gasteiger partial charge in [0.1, 0.15) is 6.33 Å². The van der Waals surface area contributed by atoms with Crippen LogP contribution < -0.4 is 5.73 Å². The van der Waals surface area contributed by atoms with Crippen LogP contribution in [0.4, 0.5) is 0 Å². The van der Waals surface area contributed by atoms with Crippen LogP contribution in [0.25, 0.3) is 0 Å². The standard InChI is InChI=1S/C5H9N5O/c1-4(5(6)11)2-10-3-7-8-9-10/h3-4H,2H2,1H3,(H2,6,11). The maximum Gasteiger partial charge on any atom is 0.222 e. The highest BCUT2D eigenvalue weighted by Crippen LogP contribution is 1.95. The van der Waals surface area contributed by atoms with Crippen molar-refractivity contribution in [2.24, 2.45) is 11.7 Å². The van der Waals surface area contributed by atoms with Crippen molar-refractivity contribution in [2.45, 2.75) is 13.5 Å². The monoisotopic (exact) mass is 155 g/mol. The summed E-state index contributed by atoms with van der Waals surface area (Å²) in [7, 11) is 0. The molecule has 1 rings (SSSR count). The number of carbonyl (C=O) groups excluding carboxylic acids is 1. The molecule has 0 aliphatic carbocycles. The van der Waals surface area contributed by atoms with E-state index in [0.717, 1.165) is 0 Å². The Morgan fingerprint density at radius 3 is 3.00 bits per heavy atom. The van der Waals surface area contributed by atoms with E-state index in [9.17, 15) is 4.79 Å². The van der Waals surface area contributed by atoms with E-state index >= 15 is 0 Å². The molecule has 1 aromatic rings. The molecule has 0 radical (unpaired) electrons. The fraction of sp³-hybridized carbons (Fsp3) is 0.600. The minimum absolute atomic E-state index is 0.238. The summed E-state index contributed by atoms with van der Waals surface area (Å²) in [5, 5.41) is 10.4. The summed E-state index contributed by atoms with van der Waals surface area (Å²) in [5.74, 6) is -0.584. The summed E-state index contributed by atoms with van der Waals surface area (Å²) >= 11 is 0. The molecule has 0 spiro atoms. The first-order chi connectivity index (χ1) is 5.20. The molecule has 60 valence electrons. The van der Waals surface area contributed by atoms with Crippen molar-refractivity contribution < 1.29 is 4.79 Å². The first kappa shape index (κ1) is 7.64. The van der Waals surface area contributed by atoms with Crippen molar-refractivity contribution in [3.8, 4) is 0 Å². The number of tetrazole rings is 1. The summed E-state index contributed by atoms with van der Waals surface area (Å²) in [4.78, 5) is 10.6. The third-order valence-corrected chi connectivity index (χ3v) is 1.34. The maximum atomic E-state index is 10.6. The van der Waals surface area contributed by atoms with Gasteiger partial charge in [-0.2, -0.15) is 0 Å². The van der Waals surface area contributed by atoms with E-state index in [1.807, 2.05) is 0 Å². The normalized spacial score (nSPS) is 12.8. The van der Waals surface area contributed by atoms with Crippen LogP contribution in [-0.2, 0) is 11.3 Å². The lowest BCUT2D eigenvalue weighted by atomic mass is 10.2. The van der Waals surface area contributed by atoms with Gasteiger partial charge in [0, 0.05) is 0 Å². The Hall–Kier alpha value is -1.46. The van der Waals surface area contributed by atoms with Gasteiger partial charge in [0.25, 0.3) is 0 Å². The molecule has 1 atom stereocenters. The molecule has 1 heterocycles. The van der Waals surface area contributed by atoms with Gasteiger partial charge >= 0.3 is 0 Å². The van der Waals surface area contributed by atoms with Gasteiger partial charge in [-0.15, -0.1) is 5.10 Å². The van der Waals surface area contributed by atoms with Crippen molar-refractivity contribution in [3.05, 3.63) is 6.33 Å². The number of nitrogens with zero attached hydrogens (tertiary/aromatic N) is 4. The Labute approximate surface area is 63.4 Å². The van der Waals surface area contributed by atoms with Gasteiger partial charge in [0.2, 0.25) is 5.91 Å². The number of hydrogen-bond donors (Lipinski definition) is 1. The summed E-state index contributed by atoms with van der Waals surface area (Å²) in [6.45, 7) is 2.16. The van der Waals surface area contributed by atoms with E-state index in [1.165, 1.54) is 11.0 Å². The molecule has 0 aliphatic heterocycles. The molecule has 0 bridgehead atoms. The third kappa shape index (κ3) is 1.99. The molecule has 6 nitrogen and oxygen atoms in total. The Morgan fingerprint density at radius 2 is 2.55 bits per heavy atom. The van der Waals surface area contributed by atoms with Crippen LogP contribution in [0.5, 0.6) is 0 Å². The quantitative estimate of drug-likeness (QED) is 0.593. The first-order valence-corrected chi connectivity index (χ1v) is 3.20. The van der Waals surface area contributed by atoms with E-state index in [1.54, 1.807) is 6.92 Å². The molecule has 11 heavy (non-hydrogen) atoms. The average molecular weight is 155 g/mol. The molecule has 0 aromatic carbocycles. The van der Waals surface area contributed by atoms with Crippen LogP contribution in [0.2, 0.25) is 0 Å². The second kappa shape index (κ2) is 3.09. The average Bonchev–Trinajstić information content (AvgIpc) is 2.39. The van der Waals surface area contributed by atoms with E-state index in [-0.39, 0.29) is 11.8 Å². The van der Waals surface area contributed by atoms with Gasteiger partial charge in [-0.25, -0.2) is 4.68 Å². The molecule has 2 N–H and O–H groups in total. The summed E-state index contributed by atoms with van der Waals surface area (Å²) in [6.07, 6.45) is 1.44. The number of amides is 1. The topological polar surface area (TPSA) is 86.7 Å². The smallest absolute Gasteiger partial charge is 0.222 e. The molecule has 6 heteroatoms. The maximum absolute atomic E-state index is 10.6. The van der Waals surface area contributed by atoms with Crippen LogP contribution in [0.1, 0.15) is 6.92 Å². The first-order valence-electron chi connectivity index (χ1n) is 3.20. The van der Waals surface area contributed by atoms with Gasteiger partial charge in [-0.1, -0.05) is 6.92 Å². The lowest BCUT2D eigenvalue weighted by molar-refractivity contribution is -0.121. The van der Waals surface area contributed by atoms with E-state index < -0.39 is 0 Å². The van der Waals surface area contributed by atoms with Crippen molar-refractivity contribution in [3.63, 3.8) is 0 Å². The zero-order valence-corrected chi connectivity index (χ0v) is 6.14. The van der Waals surface area contributed by atoms with Gasteiger partial charge in [0.15, 0.2) is 0 Å². The molecule has 1 unspecified atom stereocenters. The fourth-order valence-electron chi connectivity index (χ4n) is 0.634. The highest BCUT2D eigenvalue weighted by atomic mass is 16.1. The van der Waals surface area contributed by atoms with Gasteiger partial charge in [0.05, 0.1) is 12.5 Å². The number of carbonyl (C=O) groups is 1. The third-order valence-electron chi connectivity index (χ3n) is 1.34. The molecule has 0 aliphatic rings. The zero-order valence-electron chi connectivity index (χ0n) is 6.14. The molecule has 1 aromatic heterocycles. The molecule has 1 amide bonds. The summed E-state index contributed by atoms with van der Waals surface area (Å²) in [5.41, 5.74) is 5.03. The largest absolute Gasteiger partial charge is 0.369 e. The number of nitrogens with two attached hydrogens (primary N) is 1. The van der Waals surface area contributed by atoms with Crippen LogP contribution in [-0.4, -0.2) is 26.1 Å². The second-order valence-corrected chi connectivity index (χ2v) is 2.34. The summed E-state index contributed by atoms with van der Waals surface area (Å²) < 4.78 is 1.47. The molecular weight excluding hydrogens is 146 g/mol. The minimum Gasteiger partial charge on any atom is -0.369 e. The van der Waals surface area contributed by atoms with Crippen LogP contribution in [0.3, 0.4) is 0 Å². The molecule has 0 saturated carbocycles. The number of primary amides is 1. The van der Waals surface area contributed by atoms with Crippen molar-refractivity contribution >= 4 is 5.91 Å². The summed E-state index contributed by atoms with van der Waals surface area (Å²) in [6, 6.07) is 0. The van der Waals surface area contributed by atoms with E-state index in [4.69, 9.17) is 5.73 Å². The van der Waals surface area contributed by atoms with Crippen molar-refractivity contribution in [1.29, 1.82) is 0 Å².